The van der Waals surface area contributed by atoms with E-state index in [9.17, 15) is 0 Å². The first-order valence-corrected chi connectivity index (χ1v) is 6.48. The number of benzene rings is 1. The molecule has 0 atom stereocenters. The highest BCUT2D eigenvalue weighted by atomic mass is 16.5. The second kappa shape index (κ2) is 5.20. The maximum atomic E-state index is 7.59. The van der Waals surface area contributed by atoms with E-state index in [1.165, 1.54) is 0 Å². The summed E-state index contributed by atoms with van der Waals surface area (Å²) in [5, 5.41) is 8.63. The number of fused-ring (bicyclic) bond motifs is 1. The van der Waals surface area contributed by atoms with E-state index in [2.05, 4.69) is 9.97 Å². The molecule has 21 heavy (non-hydrogen) atoms. The molecule has 2 aromatic heterocycles. The van der Waals surface area contributed by atoms with Gasteiger partial charge in [0.05, 0.1) is 11.1 Å². The summed E-state index contributed by atoms with van der Waals surface area (Å²) in [6.07, 6.45) is 1.73. The molecular weight excluding hydrogens is 264 g/mol. The van der Waals surface area contributed by atoms with Crippen LogP contribution in [0.4, 0.5) is 0 Å². The molecule has 0 spiro atoms. The fourth-order valence-corrected chi connectivity index (χ4v) is 2.04. The molecule has 3 aromatic rings. The van der Waals surface area contributed by atoms with Crippen molar-refractivity contribution >= 4 is 16.7 Å². The number of ether oxygens (including phenoxy) is 1. The number of amidine groups is 1. The van der Waals surface area contributed by atoms with E-state index in [1.807, 2.05) is 37.3 Å². The van der Waals surface area contributed by atoms with Crippen LogP contribution in [0.2, 0.25) is 0 Å². The van der Waals surface area contributed by atoms with Crippen LogP contribution in [0.15, 0.2) is 48.7 Å². The zero-order valence-corrected chi connectivity index (χ0v) is 11.5. The van der Waals surface area contributed by atoms with Crippen molar-refractivity contribution in [2.75, 3.05) is 0 Å². The normalized spacial score (nSPS) is 10.5. The van der Waals surface area contributed by atoms with Crippen LogP contribution >= 0.6 is 0 Å². The van der Waals surface area contributed by atoms with Crippen LogP contribution < -0.4 is 10.5 Å². The predicted molar refractivity (Wildman–Crippen MR) is 81.8 cm³/mol. The van der Waals surface area contributed by atoms with Gasteiger partial charge in [0, 0.05) is 23.3 Å². The SMILES string of the molecule is Cc1ccc(C(=N)N)c(Oc2ccc3cccnc3c2)n1. The van der Waals surface area contributed by atoms with Crippen LogP contribution in [-0.2, 0) is 0 Å². The highest BCUT2D eigenvalue weighted by Crippen LogP contribution is 2.26. The number of nitrogens with zero attached hydrogens (tertiary/aromatic N) is 2. The number of hydrogen-bond acceptors (Lipinski definition) is 4. The Morgan fingerprint density at radius 3 is 2.86 bits per heavy atom. The van der Waals surface area contributed by atoms with Crippen molar-refractivity contribution in [2.24, 2.45) is 5.73 Å². The van der Waals surface area contributed by atoms with E-state index in [4.69, 9.17) is 15.9 Å². The molecule has 0 aliphatic rings. The summed E-state index contributed by atoms with van der Waals surface area (Å²) >= 11 is 0. The van der Waals surface area contributed by atoms with Crippen molar-refractivity contribution in [3.8, 4) is 11.6 Å². The third kappa shape index (κ3) is 2.67. The van der Waals surface area contributed by atoms with E-state index >= 15 is 0 Å². The molecule has 3 rings (SSSR count). The van der Waals surface area contributed by atoms with Gasteiger partial charge in [-0.25, -0.2) is 4.98 Å². The van der Waals surface area contributed by atoms with Gasteiger partial charge in [0.1, 0.15) is 11.6 Å². The van der Waals surface area contributed by atoms with Gasteiger partial charge in [-0.1, -0.05) is 6.07 Å². The van der Waals surface area contributed by atoms with E-state index in [1.54, 1.807) is 18.3 Å². The van der Waals surface area contributed by atoms with Gasteiger partial charge in [0.2, 0.25) is 5.88 Å². The Kier molecular flexibility index (Phi) is 3.23. The van der Waals surface area contributed by atoms with Gasteiger partial charge in [-0.15, -0.1) is 0 Å². The van der Waals surface area contributed by atoms with Crippen LogP contribution in [0.5, 0.6) is 11.6 Å². The molecule has 0 radical (unpaired) electrons. The van der Waals surface area contributed by atoms with Crippen molar-refractivity contribution in [1.29, 1.82) is 5.41 Å². The number of hydrogen-bond donors (Lipinski definition) is 2. The van der Waals surface area contributed by atoms with E-state index in [0.29, 0.717) is 17.2 Å². The Bertz CT molecular complexity index is 829. The van der Waals surface area contributed by atoms with Crippen molar-refractivity contribution < 1.29 is 4.74 Å². The van der Waals surface area contributed by atoms with Gasteiger partial charge in [-0.3, -0.25) is 10.4 Å². The molecular formula is C16H14N4O. The topological polar surface area (TPSA) is 84.9 Å². The third-order valence-corrected chi connectivity index (χ3v) is 3.08. The largest absolute Gasteiger partial charge is 0.438 e. The Morgan fingerprint density at radius 2 is 2.05 bits per heavy atom. The summed E-state index contributed by atoms with van der Waals surface area (Å²) in [6, 6.07) is 13.0. The lowest BCUT2D eigenvalue weighted by molar-refractivity contribution is 0.461. The first-order chi connectivity index (χ1) is 10.1. The molecule has 1 aromatic carbocycles. The van der Waals surface area contributed by atoms with Crippen molar-refractivity contribution in [1.82, 2.24) is 9.97 Å². The molecule has 0 aliphatic heterocycles. The average Bonchev–Trinajstić information content (AvgIpc) is 2.47. The monoisotopic (exact) mass is 278 g/mol. The molecule has 5 heteroatoms. The Labute approximate surface area is 121 Å². The second-order valence-electron chi connectivity index (χ2n) is 4.68. The first kappa shape index (κ1) is 13.1. The lowest BCUT2D eigenvalue weighted by atomic mass is 10.2. The van der Waals surface area contributed by atoms with Crippen LogP contribution in [-0.4, -0.2) is 15.8 Å². The molecule has 0 aliphatic carbocycles. The lowest BCUT2D eigenvalue weighted by Gasteiger charge is -2.10. The minimum atomic E-state index is -0.0728. The van der Waals surface area contributed by atoms with E-state index in [0.717, 1.165) is 16.6 Å². The molecule has 104 valence electrons. The number of nitrogen functional groups attached to an aromatic ring is 1. The molecule has 0 saturated carbocycles. The van der Waals surface area contributed by atoms with E-state index in [-0.39, 0.29) is 5.84 Å². The van der Waals surface area contributed by atoms with Gasteiger partial charge in [0.25, 0.3) is 0 Å². The summed E-state index contributed by atoms with van der Waals surface area (Å²) in [6.45, 7) is 1.86. The average molecular weight is 278 g/mol. The first-order valence-electron chi connectivity index (χ1n) is 6.48. The molecule has 2 heterocycles. The summed E-state index contributed by atoms with van der Waals surface area (Å²) in [4.78, 5) is 8.60. The zero-order chi connectivity index (χ0) is 14.8. The maximum absolute atomic E-state index is 7.59. The quantitative estimate of drug-likeness (QED) is 0.569. The van der Waals surface area contributed by atoms with Crippen LogP contribution in [0, 0.1) is 12.3 Å². The Hall–Kier alpha value is -2.95. The Morgan fingerprint density at radius 1 is 1.19 bits per heavy atom. The van der Waals surface area contributed by atoms with Crippen LogP contribution in [0.1, 0.15) is 11.3 Å². The third-order valence-electron chi connectivity index (χ3n) is 3.08. The number of pyridine rings is 2. The fourth-order valence-electron chi connectivity index (χ4n) is 2.04. The standard InChI is InChI=1S/C16H14N4O/c1-10-4-7-13(15(17)18)16(20-10)21-12-6-5-11-3-2-8-19-14(11)9-12/h2-9H,1H3,(H3,17,18). The second-order valence-corrected chi connectivity index (χ2v) is 4.68. The van der Waals surface area contributed by atoms with Gasteiger partial charge in [-0.2, -0.15) is 0 Å². The number of aromatic nitrogens is 2. The van der Waals surface area contributed by atoms with Crippen molar-refractivity contribution in [3.05, 3.63) is 59.9 Å². The Balaban J connectivity index is 2.02. The lowest BCUT2D eigenvalue weighted by Crippen LogP contribution is -2.13. The number of rotatable bonds is 3. The summed E-state index contributed by atoms with van der Waals surface area (Å²) in [5.74, 6) is 0.871. The summed E-state index contributed by atoms with van der Waals surface area (Å²) in [7, 11) is 0. The fraction of sp³-hybridized carbons (Fsp3) is 0.0625. The zero-order valence-electron chi connectivity index (χ0n) is 11.5. The van der Waals surface area contributed by atoms with Gasteiger partial charge in [-0.05, 0) is 37.3 Å². The number of aryl methyl sites for hydroxylation is 1. The maximum Gasteiger partial charge on any atom is 0.230 e. The minimum absolute atomic E-state index is 0.0728. The smallest absolute Gasteiger partial charge is 0.230 e. The molecule has 0 saturated heterocycles. The van der Waals surface area contributed by atoms with Gasteiger partial charge in [0.15, 0.2) is 0 Å². The molecule has 0 amide bonds. The van der Waals surface area contributed by atoms with Crippen LogP contribution in [0.25, 0.3) is 10.9 Å². The van der Waals surface area contributed by atoms with Gasteiger partial charge >= 0.3 is 0 Å². The highest BCUT2D eigenvalue weighted by Gasteiger charge is 2.10. The molecule has 0 fully saturated rings. The number of nitrogens with two attached hydrogens (primary N) is 1. The molecule has 3 N–H and O–H groups in total. The molecule has 0 unspecified atom stereocenters. The highest BCUT2D eigenvalue weighted by molar-refractivity contribution is 5.97. The predicted octanol–water partition coefficient (Wildman–Crippen LogP) is 3.01. The van der Waals surface area contributed by atoms with E-state index < -0.39 is 0 Å². The summed E-state index contributed by atoms with van der Waals surface area (Å²) < 4.78 is 5.79. The molecule has 0 bridgehead atoms. The van der Waals surface area contributed by atoms with Crippen molar-refractivity contribution in [3.63, 3.8) is 0 Å². The number of nitrogens with one attached hydrogen (secondary N) is 1. The van der Waals surface area contributed by atoms with Crippen LogP contribution in [0.3, 0.4) is 0 Å². The van der Waals surface area contributed by atoms with Crippen molar-refractivity contribution in [2.45, 2.75) is 6.92 Å². The van der Waals surface area contributed by atoms with Gasteiger partial charge < -0.3 is 10.5 Å². The molecule has 5 nitrogen and oxygen atoms in total. The minimum Gasteiger partial charge on any atom is -0.438 e. The summed E-state index contributed by atoms with van der Waals surface area (Å²) in [5.41, 5.74) is 7.67.